The van der Waals surface area contributed by atoms with E-state index in [0.29, 0.717) is 5.56 Å². The van der Waals surface area contributed by atoms with Gasteiger partial charge in [0.2, 0.25) is 0 Å². The summed E-state index contributed by atoms with van der Waals surface area (Å²) in [6.07, 6.45) is 4.88. The second-order valence-corrected chi connectivity index (χ2v) is 6.18. The molecule has 2 rings (SSSR count). The van der Waals surface area contributed by atoms with E-state index in [-0.39, 0.29) is 16.3 Å². The van der Waals surface area contributed by atoms with Crippen LogP contribution in [0.3, 0.4) is 0 Å². The largest absolute Gasteiger partial charge is 0.389 e. The van der Waals surface area contributed by atoms with Crippen molar-refractivity contribution in [2.75, 3.05) is 26.0 Å². The minimum Gasteiger partial charge on any atom is -0.389 e. The number of hydrogen-bond donors (Lipinski definition) is 2. The standard InChI is InChI=1S/C15H22FN3S/c1-19(2)15(7-3-4-8-15)10-18-11-5-6-12(14(17)20)13(16)9-11/h5-6,9,18H,3-4,7-8,10H2,1-2H3,(H2,17,20). The van der Waals surface area contributed by atoms with Crippen LogP contribution in [0.1, 0.15) is 31.2 Å². The van der Waals surface area contributed by atoms with Gasteiger partial charge in [0.1, 0.15) is 10.8 Å². The van der Waals surface area contributed by atoms with Crippen LogP contribution < -0.4 is 11.1 Å². The van der Waals surface area contributed by atoms with Crippen LogP contribution in [0.15, 0.2) is 18.2 Å². The summed E-state index contributed by atoms with van der Waals surface area (Å²) in [4.78, 5) is 2.38. The number of hydrogen-bond acceptors (Lipinski definition) is 3. The Kier molecular flexibility index (Phi) is 4.60. The molecule has 0 saturated heterocycles. The summed E-state index contributed by atoms with van der Waals surface area (Å²) in [7, 11) is 4.23. The van der Waals surface area contributed by atoms with E-state index in [1.165, 1.54) is 31.7 Å². The monoisotopic (exact) mass is 295 g/mol. The van der Waals surface area contributed by atoms with Crippen LogP contribution in [0.25, 0.3) is 0 Å². The molecule has 1 aromatic carbocycles. The van der Waals surface area contributed by atoms with Crippen LogP contribution in [0.5, 0.6) is 0 Å². The number of thiocarbonyl (C=S) groups is 1. The summed E-state index contributed by atoms with van der Waals surface area (Å²) in [6, 6.07) is 4.93. The Balaban J connectivity index is 2.07. The van der Waals surface area contributed by atoms with Crippen molar-refractivity contribution in [2.24, 2.45) is 5.73 Å². The quantitative estimate of drug-likeness (QED) is 0.820. The first-order valence-corrected chi connectivity index (χ1v) is 7.36. The van der Waals surface area contributed by atoms with Crippen LogP contribution in [0.2, 0.25) is 0 Å². The van der Waals surface area contributed by atoms with Crippen LogP contribution in [0.4, 0.5) is 10.1 Å². The van der Waals surface area contributed by atoms with Crippen molar-refractivity contribution in [3.8, 4) is 0 Å². The van der Waals surface area contributed by atoms with Crippen LogP contribution in [-0.4, -0.2) is 36.1 Å². The summed E-state index contributed by atoms with van der Waals surface area (Å²) in [5.41, 5.74) is 6.72. The van der Waals surface area contributed by atoms with E-state index in [1.807, 2.05) is 6.07 Å². The molecule has 5 heteroatoms. The number of nitrogens with two attached hydrogens (primary N) is 1. The third kappa shape index (κ3) is 3.10. The second-order valence-electron chi connectivity index (χ2n) is 5.74. The molecule has 1 fully saturated rings. The molecule has 0 aliphatic heterocycles. The molecule has 0 unspecified atom stereocenters. The number of likely N-dealkylation sites (N-methyl/N-ethyl adjacent to an activating group) is 1. The maximum absolute atomic E-state index is 13.8. The molecule has 1 saturated carbocycles. The fourth-order valence-corrected chi connectivity index (χ4v) is 3.07. The van der Waals surface area contributed by atoms with E-state index in [0.717, 1.165) is 12.2 Å². The van der Waals surface area contributed by atoms with Crippen molar-refractivity contribution in [3.63, 3.8) is 0 Å². The van der Waals surface area contributed by atoms with Crippen molar-refractivity contribution >= 4 is 22.9 Å². The maximum atomic E-state index is 13.8. The van der Waals surface area contributed by atoms with Gasteiger partial charge in [-0.1, -0.05) is 25.1 Å². The van der Waals surface area contributed by atoms with E-state index < -0.39 is 0 Å². The van der Waals surface area contributed by atoms with Crippen LogP contribution >= 0.6 is 12.2 Å². The first-order valence-electron chi connectivity index (χ1n) is 6.95. The summed E-state index contributed by atoms with van der Waals surface area (Å²) in [5, 5.41) is 3.35. The lowest BCUT2D eigenvalue weighted by Crippen LogP contribution is -2.47. The third-order valence-corrected chi connectivity index (χ3v) is 4.56. The lowest BCUT2D eigenvalue weighted by Gasteiger charge is -2.36. The zero-order valence-electron chi connectivity index (χ0n) is 12.1. The van der Waals surface area contributed by atoms with E-state index in [1.54, 1.807) is 6.07 Å². The van der Waals surface area contributed by atoms with E-state index >= 15 is 0 Å². The smallest absolute Gasteiger partial charge is 0.135 e. The zero-order chi connectivity index (χ0) is 14.8. The van der Waals surface area contributed by atoms with Gasteiger partial charge in [-0.2, -0.15) is 0 Å². The number of nitrogens with zero attached hydrogens (tertiary/aromatic N) is 1. The lowest BCUT2D eigenvalue weighted by atomic mass is 9.96. The molecule has 0 radical (unpaired) electrons. The highest BCUT2D eigenvalue weighted by Crippen LogP contribution is 2.34. The predicted octanol–water partition coefficient (Wildman–Crippen LogP) is 2.75. The molecule has 3 nitrogen and oxygen atoms in total. The molecule has 0 amide bonds. The molecule has 0 spiro atoms. The minimum absolute atomic E-state index is 0.0922. The lowest BCUT2D eigenvalue weighted by molar-refractivity contribution is 0.172. The highest BCUT2D eigenvalue weighted by atomic mass is 32.1. The Morgan fingerprint density at radius 2 is 2.05 bits per heavy atom. The Morgan fingerprint density at radius 1 is 1.40 bits per heavy atom. The molecule has 1 aliphatic rings. The zero-order valence-corrected chi connectivity index (χ0v) is 12.9. The van der Waals surface area contributed by atoms with Gasteiger partial charge in [0, 0.05) is 23.3 Å². The topological polar surface area (TPSA) is 41.3 Å². The number of benzene rings is 1. The average Bonchev–Trinajstić information content (AvgIpc) is 2.86. The minimum atomic E-state index is -0.368. The van der Waals surface area contributed by atoms with E-state index in [9.17, 15) is 4.39 Å². The normalized spacial score (nSPS) is 17.4. The summed E-state index contributed by atoms with van der Waals surface area (Å²) < 4.78 is 13.8. The molecular formula is C15H22FN3S. The fraction of sp³-hybridized carbons (Fsp3) is 0.533. The van der Waals surface area contributed by atoms with Crippen LogP contribution in [-0.2, 0) is 0 Å². The maximum Gasteiger partial charge on any atom is 0.135 e. The van der Waals surface area contributed by atoms with Gasteiger partial charge in [-0.05, 0) is 45.1 Å². The molecule has 1 aliphatic carbocycles. The molecule has 110 valence electrons. The summed E-state index contributed by atoms with van der Waals surface area (Å²) >= 11 is 4.81. The highest BCUT2D eigenvalue weighted by molar-refractivity contribution is 7.80. The van der Waals surface area contributed by atoms with E-state index in [4.69, 9.17) is 18.0 Å². The summed E-state index contributed by atoms with van der Waals surface area (Å²) in [6.45, 7) is 0.825. The molecule has 0 bridgehead atoms. The summed E-state index contributed by atoms with van der Waals surface area (Å²) in [5.74, 6) is -0.368. The van der Waals surface area contributed by atoms with Gasteiger partial charge in [0.15, 0.2) is 0 Å². The van der Waals surface area contributed by atoms with Crippen LogP contribution in [0, 0.1) is 5.82 Å². The molecular weight excluding hydrogens is 273 g/mol. The van der Waals surface area contributed by atoms with Crippen molar-refractivity contribution in [3.05, 3.63) is 29.6 Å². The Labute approximate surface area is 125 Å². The highest BCUT2D eigenvalue weighted by Gasteiger charge is 2.35. The number of halogens is 1. The van der Waals surface area contributed by atoms with Gasteiger partial charge < -0.3 is 16.0 Å². The predicted molar refractivity (Wildman–Crippen MR) is 85.7 cm³/mol. The van der Waals surface area contributed by atoms with Gasteiger partial charge in [-0.25, -0.2) is 4.39 Å². The van der Waals surface area contributed by atoms with Gasteiger partial charge in [-0.15, -0.1) is 0 Å². The Morgan fingerprint density at radius 3 is 2.55 bits per heavy atom. The van der Waals surface area contributed by atoms with E-state index in [2.05, 4.69) is 24.3 Å². The number of rotatable bonds is 5. The van der Waals surface area contributed by atoms with Gasteiger partial charge in [-0.3, -0.25) is 0 Å². The molecule has 0 aromatic heterocycles. The first-order chi connectivity index (χ1) is 9.44. The molecule has 3 N–H and O–H groups in total. The molecule has 1 aromatic rings. The molecule has 20 heavy (non-hydrogen) atoms. The Hall–Kier alpha value is -1.20. The van der Waals surface area contributed by atoms with Crippen molar-refractivity contribution in [2.45, 2.75) is 31.2 Å². The van der Waals surface area contributed by atoms with Gasteiger partial charge in [0.25, 0.3) is 0 Å². The molecule has 0 atom stereocenters. The second kappa shape index (κ2) is 6.06. The van der Waals surface area contributed by atoms with Crippen molar-refractivity contribution in [1.29, 1.82) is 0 Å². The Bertz CT molecular complexity index is 496. The average molecular weight is 295 g/mol. The fourth-order valence-electron chi connectivity index (χ4n) is 2.91. The van der Waals surface area contributed by atoms with Gasteiger partial charge in [0.05, 0.1) is 0 Å². The first kappa shape index (κ1) is 15.2. The third-order valence-electron chi connectivity index (χ3n) is 4.34. The molecule has 0 heterocycles. The van der Waals surface area contributed by atoms with Crippen molar-refractivity contribution in [1.82, 2.24) is 4.90 Å². The number of nitrogens with one attached hydrogen (secondary N) is 1. The van der Waals surface area contributed by atoms with Gasteiger partial charge >= 0.3 is 0 Å². The SMILES string of the molecule is CN(C)C1(CNc2ccc(C(N)=S)c(F)c2)CCCC1. The van der Waals surface area contributed by atoms with Crippen molar-refractivity contribution < 1.29 is 4.39 Å². The number of anilines is 1.